The number of nitrogens with one attached hydrogen (secondary N) is 2. The molecule has 0 radical (unpaired) electrons. The normalized spacial score (nSPS) is 18.8. The van der Waals surface area contributed by atoms with Gasteiger partial charge in [0.1, 0.15) is 28.8 Å². The first-order valence-corrected chi connectivity index (χ1v) is 14.3. The lowest BCUT2D eigenvalue weighted by Gasteiger charge is -2.62. The van der Waals surface area contributed by atoms with Gasteiger partial charge < -0.3 is 20.8 Å². The first-order chi connectivity index (χ1) is 20.2. The third kappa shape index (κ3) is 5.01. The number of anilines is 1. The predicted octanol–water partition coefficient (Wildman–Crippen LogP) is 7.22. The Morgan fingerprint density at radius 1 is 0.929 bits per heavy atom. The molecular weight excluding hydrogens is 543 g/mol. The van der Waals surface area contributed by atoms with E-state index in [4.69, 9.17) is 10.2 Å². The zero-order valence-electron chi connectivity index (χ0n) is 23.3. The second-order valence-electron chi connectivity index (χ2n) is 11.7. The number of halogens is 3. The van der Waals surface area contributed by atoms with Gasteiger partial charge in [-0.3, -0.25) is 9.59 Å². The molecule has 0 unspecified atom stereocenters. The number of benzene rings is 3. The van der Waals surface area contributed by atoms with Crippen LogP contribution in [0.5, 0.6) is 0 Å². The molecule has 1 heterocycles. The Morgan fingerprint density at radius 2 is 1.67 bits per heavy atom. The van der Waals surface area contributed by atoms with Crippen LogP contribution in [0.4, 0.5) is 18.9 Å². The van der Waals surface area contributed by atoms with Gasteiger partial charge in [0.05, 0.1) is 11.1 Å². The van der Waals surface area contributed by atoms with E-state index in [0.717, 1.165) is 31.2 Å². The van der Waals surface area contributed by atoms with Crippen molar-refractivity contribution in [2.24, 2.45) is 11.3 Å². The van der Waals surface area contributed by atoms with E-state index in [2.05, 4.69) is 10.6 Å². The number of nitrogen functional groups attached to an aromatic ring is 1. The van der Waals surface area contributed by atoms with Crippen molar-refractivity contribution in [1.29, 1.82) is 0 Å². The fraction of sp³-hybridized carbons (Fsp3) is 0.333. The SMILES string of the molecule is CNC(=O)c1c(-c2ccc(F)cc2)oc2cc(N)c(-c3cc(C(=O)NCCCCCC45CC(C4)C5)c(F)cc3F)cc12. The van der Waals surface area contributed by atoms with Gasteiger partial charge >= 0.3 is 0 Å². The summed E-state index contributed by atoms with van der Waals surface area (Å²) in [6.07, 6.45) is 8.24. The lowest BCUT2D eigenvalue weighted by atomic mass is 9.43. The maximum absolute atomic E-state index is 15.2. The Hall–Kier alpha value is -4.27. The number of hydrogen-bond donors (Lipinski definition) is 3. The van der Waals surface area contributed by atoms with Crippen LogP contribution >= 0.6 is 0 Å². The van der Waals surface area contributed by atoms with Crippen molar-refractivity contribution in [1.82, 2.24) is 10.6 Å². The minimum atomic E-state index is -0.982. The molecule has 3 saturated carbocycles. The first-order valence-electron chi connectivity index (χ1n) is 14.3. The average molecular weight is 576 g/mol. The molecule has 0 atom stereocenters. The Balaban J connectivity index is 1.26. The number of hydrogen-bond acceptors (Lipinski definition) is 4. The molecule has 42 heavy (non-hydrogen) atoms. The highest BCUT2D eigenvalue weighted by Crippen LogP contribution is 2.66. The van der Waals surface area contributed by atoms with Crippen LogP contribution in [0.1, 0.15) is 65.7 Å². The molecule has 9 heteroatoms. The highest BCUT2D eigenvalue weighted by atomic mass is 19.1. The van der Waals surface area contributed by atoms with Crippen molar-refractivity contribution >= 4 is 28.5 Å². The van der Waals surface area contributed by atoms with Gasteiger partial charge in [-0.25, -0.2) is 13.2 Å². The van der Waals surface area contributed by atoms with E-state index in [1.807, 2.05) is 0 Å². The standard InChI is InChI=1S/C33H32F3N3O3/c1-38-32(41)29-24-12-22(27(37)14-28(24)42-30(29)19-5-7-20(34)8-6-19)21-11-23(26(36)13-25(21)35)31(40)39-10-4-2-3-9-33-15-18(16-33)17-33/h5-8,11-14,18H,2-4,9-10,15-17,37H2,1H3,(H,38,41)(H,39,40). The van der Waals surface area contributed by atoms with E-state index in [0.29, 0.717) is 29.0 Å². The van der Waals surface area contributed by atoms with Crippen LogP contribution in [0.15, 0.2) is 52.9 Å². The summed E-state index contributed by atoms with van der Waals surface area (Å²) in [4.78, 5) is 25.8. The van der Waals surface area contributed by atoms with Gasteiger partial charge in [-0.15, -0.1) is 0 Å². The summed E-state index contributed by atoms with van der Waals surface area (Å²) in [7, 11) is 1.45. The summed E-state index contributed by atoms with van der Waals surface area (Å²) in [5, 5.41) is 5.64. The molecule has 3 aliphatic rings. The molecule has 6 nitrogen and oxygen atoms in total. The highest BCUT2D eigenvalue weighted by Gasteiger charge is 2.55. The predicted molar refractivity (Wildman–Crippen MR) is 155 cm³/mol. The summed E-state index contributed by atoms with van der Waals surface area (Å²) < 4.78 is 49.4. The zero-order chi connectivity index (χ0) is 29.6. The average Bonchev–Trinajstić information content (AvgIpc) is 3.28. The molecular formula is C33H32F3N3O3. The Labute approximate surface area is 241 Å². The van der Waals surface area contributed by atoms with Crippen LogP contribution in [-0.4, -0.2) is 25.4 Å². The first kappa shape index (κ1) is 27.9. The Morgan fingerprint density at radius 3 is 2.33 bits per heavy atom. The van der Waals surface area contributed by atoms with Crippen molar-refractivity contribution in [3.8, 4) is 22.5 Å². The van der Waals surface area contributed by atoms with Gasteiger partial charge in [0.2, 0.25) is 0 Å². The van der Waals surface area contributed by atoms with E-state index in [9.17, 15) is 18.4 Å². The summed E-state index contributed by atoms with van der Waals surface area (Å²) in [5.41, 5.74) is 7.62. The second-order valence-corrected chi connectivity index (χ2v) is 11.7. The van der Waals surface area contributed by atoms with E-state index in [1.54, 1.807) is 0 Å². The van der Waals surface area contributed by atoms with Gasteiger partial charge in [-0.2, -0.15) is 0 Å². The van der Waals surface area contributed by atoms with Crippen molar-refractivity contribution < 1.29 is 27.2 Å². The van der Waals surface area contributed by atoms with Crippen LogP contribution in [0, 0.1) is 28.8 Å². The summed E-state index contributed by atoms with van der Waals surface area (Å²) in [6, 6.07) is 10.2. The number of fused-ring (bicyclic) bond motifs is 1. The Kier molecular flexibility index (Phi) is 7.20. The second kappa shape index (κ2) is 10.9. The van der Waals surface area contributed by atoms with Crippen LogP contribution in [0.2, 0.25) is 0 Å². The van der Waals surface area contributed by atoms with Crippen molar-refractivity contribution in [2.75, 3.05) is 19.3 Å². The smallest absolute Gasteiger partial charge is 0.255 e. The van der Waals surface area contributed by atoms with E-state index < -0.39 is 29.3 Å². The van der Waals surface area contributed by atoms with Gasteiger partial charge in [0.25, 0.3) is 11.8 Å². The van der Waals surface area contributed by atoms with Crippen LogP contribution in [0.3, 0.4) is 0 Å². The fourth-order valence-corrected chi connectivity index (χ4v) is 6.54. The zero-order valence-corrected chi connectivity index (χ0v) is 23.3. The molecule has 3 aliphatic carbocycles. The number of rotatable bonds is 10. The number of amides is 2. The summed E-state index contributed by atoms with van der Waals surface area (Å²) in [5.74, 6) is -2.31. The maximum atomic E-state index is 15.2. The van der Waals surface area contributed by atoms with Gasteiger partial charge in [-0.05, 0) is 79.8 Å². The molecule has 4 aromatic rings. The van der Waals surface area contributed by atoms with Gasteiger partial charge in [0.15, 0.2) is 0 Å². The lowest BCUT2D eigenvalue weighted by molar-refractivity contribution is -0.113. The summed E-state index contributed by atoms with van der Waals surface area (Å²) >= 11 is 0. The molecule has 0 saturated heterocycles. The van der Waals surface area contributed by atoms with E-state index in [-0.39, 0.29) is 39.3 Å². The Bertz CT molecular complexity index is 1680. The van der Waals surface area contributed by atoms with Crippen molar-refractivity contribution in [3.05, 3.63) is 77.1 Å². The molecule has 2 bridgehead atoms. The number of carbonyl (C=O) groups is 2. The number of furan rings is 1. The minimum absolute atomic E-state index is 0.0908. The van der Waals surface area contributed by atoms with Crippen LogP contribution < -0.4 is 16.4 Å². The molecule has 2 amide bonds. The minimum Gasteiger partial charge on any atom is -0.455 e. The molecule has 4 N–H and O–H groups in total. The summed E-state index contributed by atoms with van der Waals surface area (Å²) in [6.45, 7) is 0.394. The topological polar surface area (TPSA) is 97.4 Å². The van der Waals surface area contributed by atoms with Gasteiger partial charge in [0, 0.05) is 53.5 Å². The van der Waals surface area contributed by atoms with Crippen molar-refractivity contribution in [2.45, 2.75) is 44.9 Å². The third-order valence-electron chi connectivity index (χ3n) is 8.85. The number of unbranched alkanes of at least 4 members (excludes halogenated alkanes) is 2. The molecule has 1 aromatic heterocycles. The number of nitrogens with two attached hydrogens (primary N) is 1. The molecule has 0 spiro atoms. The van der Waals surface area contributed by atoms with Crippen molar-refractivity contribution in [3.63, 3.8) is 0 Å². The third-order valence-corrected chi connectivity index (χ3v) is 8.85. The number of carbonyl (C=O) groups excluding carboxylic acids is 2. The van der Waals surface area contributed by atoms with E-state index in [1.165, 1.54) is 69.1 Å². The monoisotopic (exact) mass is 575 g/mol. The van der Waals surface area contributed by atoms with Gasteiger partial charge in [-0.1, -0.05) is 12.8 Å². The fourth-order valence-electron chi connectivity index (χ4n) is 6.54. The quantitative estimate of drug-likeness (QED) is 0.137. The largest absolute Gasteiger partial charge is 0.455 e. The van der Waals surface area contributed by atoms with Crippen LogP contribution in [-0.2, 0) is 0 Å². The molecule has 7 rings (SSSR count). The highest BCUT2D eigenvalue weighted by molar-refractivity contribution is 6.12. The maximum Gasteiger partial charge on any atom is 0.255 e. The molecule has 0 aliphatic heterocycles. The molecule has 3 fully saturated rings. The lowest BCUT2D eigenvalue weighted by Crippen LogP contribution is -2.51. The molecule has 218 valence electrons. The van der Waals surface area contributed by atoms with E-state index >= 15 is 4.39 Å². The van der Waals surface area contributed by atoms with Crippen LogP contribution in [0.25, 0.3) is 33.4 Å². The molecule has 3 aromatic carbocycles.